The van der Waals surface area contributed by atoms with Gasteiger partial charge in [0, 0.05) is 43.6 Å². The molecule has 0 atom stereocenters. The molecule has 1 aliphatic rings. The van der Waals surface area contributed by atoms with Crippen molar-refractivity contribution in [3.8, 4) is 11.1 Å². The highest BCUT2D eigenvalue weighted by Crippen LogP contribution is 2.32. The highest BCUT2D eigenvalue weighted by Gasteiger charge is 2.16. The number of aromatic nitrogens is 3. The molecule has 7 nitrogen and oxygen atoms in total. The lowest BCUT2D eigenvalue weighted by Gasteiger charge is -2.26. The molecule has 25 heavy (non-hydrogen) atoms. The van der Waals surface area contributed by atoms with E-state index in [1.807, 2.05) is 24.3 Å². The molecular formula is C18H22N6O. The van der Waals surface area contributed by atoms with Gasteiger partial charge in [0.15, 0.2) is 0 Å². The minimum atomic E-state index is 0.502. The Morgan fingerprint density at radius 2 is 1.76 bits per heavy atom. The summed E-state index contributed by atoms with van der Waals surface area (Å²) in [6.45, 7) is 5.36. The highest BCUT2D eigenvalue weighted by atomic mass is 16.5. The number of hydrogen-bond donors (Lipinski definition) is 2. The minimum Gasteiger partial charge on any atom is -0.399 e. The van der Waals surface area contributed by atoms with Crippen LogP contribution in [0.1, 0.15) is 0 Å². The van der Waals surface area contributed by atoms with E-state index in [9.17, 15) is 0 Å². The van der Waals surface area contributed by atoms with E-state index in [4.69, 9.17) is 16.2 Å². The first-order chi connectivity index (χ1) is 12.2. The summed E-state index contributed by atoms with van der Waals surface area (Å²) in [7, 11) is 0. The van der Waals surface area contributed by atoms with Crippen LogP contribution in [0.3, 0.4) is 0 Å². The van der Waals surface area contributed by atoms with Crippen LogP contribution in [0.4, 0.5) is 11.5 Å². The van der Waals surface area contributed by atoms with Crippen LogP contribution in [0.5, 0.6) is 0 Å². The van der Waals surface area contributed by atoms with E-state index in [-0.39, 0.29) is 0 Å². The molecule has 0 unspecified atom stereocenters. The van der Waals surface area contributed by atoms with Crippen molar-refractivity contribution in [3.05, 3.63) is 36.8 Å². The lowest BCUT2D eigenvalue weighted by molar-refractivity contribution is 0.0365. The summed E-state index contributed by atoms with van der Waals surface area (Å²) in [6.07, 6.45) is 3.64. The molecule has 2 aromatic heterocycles. The third kappa shape index (κ3) is 3.16. The van der Waals surface area contributed by atoms with Crippen molar-refractivity contribution in [2.45, 2.75) is 6.54 Å². The van der Waals surface area contributed by atoms with Crippen LogP contribution in [-0.4, -0.2) is 52.3 Å². The molecule has 0 amide bonds. The van der Waals surface area contributed by atoms with Crippen LogP contribution in [-0.2, 0) is 11.3 Å². The Labute approximate surface area is 146 Å². The Hall–Kier alpha value is -2.64. The molecule has 3 aromatic rings. The largest absolute Gasteiger partial charge is 0.399 e. The fraction of sp³-hybridized carbons (Fsp3) is 0.333. The fourth-order valence-electron chi connectivity index (χ4n) is 3.27. The van der Waals surface area contributed by atoms with Crippen LogP contribution in [0, 0.1) is 0 Å². The van der Waals surface area contributed by atoms with Gasteiger partial charge in [0.25, 0.3) is 0 Å². The van der Waals surface area contributed by atoms with Crippen LogP contribution in [0.15, 0.2) is 36.8 Å². The highest BCUT2D eigenvalue weighted by molar-refractivity contribution is 6.00. The lowest BCUT2D eigenvalue weighted by Crippen LogP contribution is -2.38. The van der Waals surface area contributed by atoms with E-state index >= 15 is 0 Å². The van der Waals surface area contributed by atoms with E-state index in [1.165, 1.54) is 6.33 Å². The maximum atomic E-state index is 6.16. The topological polar surface area (TPSA) is 95.2 Å². The molecule has 1 aliphatic heterocycles. The SMILES string of the molecule is Nc1ccc(-c2cn(CCN3CCOCC3)c3ncnc(N)c23)cc1. The number of nitrogens with two attached hydrogens (primary N) is 2. The van der Waals surface area contributed by atoms with Gasteiger partial charge in [-0.25, -0.2) is 9.97 Å². The van der Waals surface area contributed by atoms with Crippen LogP contribution < -0.4 is 11.5 Å². The number of nitrogen functional groups attached to an aromatic ring is 2. The second-order valence-corrected chi connectivity index (χ2v) is 6.27. The van der Waals surface area contributed by atoms with Crippen LogP contribution >= 0.6 is 0 Å². The van der Waals surface area contributed by atoms with Gasteiger partial charge in [-0.15, -0.1) is 0 Å². The molecule has 7 heteroatoms. The minimum absolute atomic E-state index is 0.502. The average Bonchev–Trinajstić information content (AvgIpc) is 3.02. The summed E-state index contributed by atoms with van der Waals surface area (Å²) in [5.74, 6) is 0.502. The summed E-state index contributed by atoms with van der Waals surface area (Å²) in [5, 5.41) is 0.897. The number of fused-ring (bicyclic) bond motifs is 1. The Kier molecular flexibility index (Phi) is 4.25. The first-order valence-electron chi connectivity index (χ1n) is 8.48. The van der Waals surface area contributed by atoms with Gasteiger partial charge in [-0.2, -0.15) is 0 Å². The number of morpholine rings is 1. The molecule has 3 heterocycles. The first kappa shape index (κ1) is 15.9. The molecule has 0 spiro atoms. The molecular weight excluding hydrogens is 316 g/mol. The van der Waals surface area contributed by atoms with Crippen LogP contribution in [0.25, 0.3) is 22.2 Å². The van der Waals surface area contributed by atoms with E-state index in [0.29, 0.717) is 5.82 Å². The number of nitrogens with zero attached hydrogens (tertiary/aromatic N) is 4. The molecule has 4 N–H and O–H groups in total. The van der Waals surface area contributed by atoms with E-state index in [1.54, 1.807) is 0 Å². The third-order valence-electron chi connectivity index (χ3n) is 4.67. The van der Waals surface area contributed by atoms with E-state index in [0.717, 1.165) is 67.2 Å². The Balaban J connectivity index is 1.69. The maximum Gasteiger partial charge on any atom is 0.146 e. The second-order valence-electron chi connectivity index (χ2n) is 6.27. The quantitative estimate of drug-likeness (QED) is 0.702. The average molecular weight is 338 g/mol. The molecule has 1 fully saturated rings. The van der Waals surface area contributed by atoms with Gasteiger partial charge in [-0.05, 0) is 17.7 Å². The first-order valence-corrected chi connectivity index (χ1v) is 8.48. The van der Waals surface area contributed by atoms with E-state index < -0.39 is 0 Å². The van der Waals surface area contributed by atoms with Gasteiger partial charge in [0.2, 0.25) is 0 Å². The summed E-state index contributed by atoms with van der Waals surface area (Å²) in [6, 6.07) is 7.80. The van der Waals surface area contributed by atoms with Gasteiger partial charge in [-0.3, -0.25) is 4.90 Å². The zero-order chi connectivity index (χ0) is 17.2. The molecule has 0 aliphatic carbocycles. The monoisotopic (exact) mass is 338 g/mol. The van der Waals surface area contributed by atoms with Crippen molar-refractivity contribution in [1.29, 1.82) is 0 Å². The molecule has 4 rings (SSSR count). The van der Waals surface area contributed by atoms with E-state index in [2.05, 4.69) is 25.6 Å². The maximum absolute atomic E-state index is 6.16. The summed E-state index contributed by atoms with van der Waals surface area (Å²) in [4.78, 5) is 11.1. The predicted molar refractivity (Wildman–Crippen MR) is 99.0 cm³/mol. The summed E-state index contributed by atoms with van der Waals surface area (Å²) >= 11 is 0. The van der Waals surface area contributed by atoms with Crippen molar-refractivity contribution in [2.24, 2.45) is 0 Å². The molecule has 130 valence electrons. The van der Waals surface area contributed by atoms with Gasteiger partial charge in [0.1, 0.15) is 17.8 Å². The zero-order valence-corrected chi connectivity index (χ0v) is 14.1. The van der Waals surface area contributed by atoms with Gasteiger partial charge < -0.3 is 20.8 Å². The Bertz CT molecular complexity index is 867. The van der Waals surface area contributed by atoms with Crippen molar-refractivity contribution in [1.82, 2.24) is 19.4 Å². The second kappa shape index (κ2) is 6.70. The van der Waals surface area contributed by atoms with Crippen molar-refractivity contribution >= 4 is 22.5 Å². The third-order valence-corrected chi connectivity index (χ3v) is 4.67. The van der Waals surface area contributed by atoms with Crippen molar-refractivity contribution in [2.75, 3.05) is 44.3 Å². The van der Waals surface area contributed by atoms with Gasteiger partial charge in [-0.1, -0.05) is 12.1 Å². The molecule has 1 saturated heterocycles. The predicted octanol–water partition coefficient (Wildman–Crippen LogP) is 1.59. The van der Waals surface area contributed by atoms with Crippen molar-refractivity contribution < 1.29 is 4.74 Å². The smallest absolute Gasteiger partial charge is 0.146 e. The summed E-state index contributed by atoms with van der Waals surface area (Å²) in [5.41, 5.74) is 15.7. The Morgan fingerprint density at radius 1 is 1.00 bits per heavy atom. The number of rotatable bonds is 4. The Morgan fingerprint density at radius 3 is 2.52 bits per heavy atom. The van der Waals surface area contributed by atoms with Crippen LogP contribution in [0.2, 0.25) is 0 Å². The molecule has 0 saturated carbocycles. The lowest BCUT2D eigenvalue weighted by atomic mass is 10.1. The number of benzene rings is 1. The number of ether oxygens (including phenoxy) is 1. The standard InChI is InChI=1S/C18H22N6O/c19-14-3-1-13(2-4-14)15-11-24(6-5-23-7-9-25-10-8-23)18-16(15)17(20)21-12-22-18/h1-4,11-12H,5-10,19H2,(H2,20,21,22). The molecule has 0 radical (unpaired) electrons. The summed E-state index contributed by atoms with van der Waals surface area (Å²) < 4.78 is 7.57. The zero-order valence-electron chi connectivity index (χ0n) is 14.1. The normalized spacial score (nSPS) is 15.7. The number of anilines is 2. The molecule has 1 aromatic carbocycles. The van der Waals surface area contributed by atoms with Gasteiger partial charge in [0.05, 0.1) is 18.6 Å². The van der Waals surface area contributed by atoms with Gasteiger partial charge >= 0.3 is 0 Å². The van der Waals surface area contributed by atoms with Crippen molar-refractivity contribution in [3.63, 3.8) is 0 Å². The molecule has 0 bridgehead atoms. The number of hydrogen-bond acceptors (Lipinski definition) is 6. The fourth-order valence-corrected chi connectivity index (χ4v) is 3.27.